The first-order valence-electron chi connectivity index (χ1n) is 7.78. The highest BCUT2D eigenvalue weighted by Crippen LogP contribution is 2.19. The van der Waals surface area contributed by atoms with Crippen molar-refractivity contribution in [2.75, 3.05) is 24.3 Å². The van der Waals surface area contributed by atoms with Crippen molar-refractivity contribution >= 4 is 17.5 Å². The van der Waals surface area contributed by atoms with Crippen LogP contribution in [0.2, 0.25) is 0 Å². The van der Waals surface area contributed by atoms with Crippen molar-refractivity contribution in [1.82, 2.24) is 9.97 Å². The first kappa shape index (κ1) is 16.1. The van der Waals surface area contributed by atoms with Crippen LogP contribution in [0.3, 0.4) is 0 Å². The smallest absolute Gasteiger partial charge is 0.229 e. The lowest BCUT2D eigenvalue weighted by molar-refractivity contribution is 0.415. The molecule has 2 N–H and O–H groups in total. The van der Waals surface area contributed by atoms with Gasteiger partial charge in [-0.3, -0.25) is 0 Å². The Bertz CT molecular complexity index is 584. The van der Waals surface area contributed by atoms with Crippen LogP contribution in [0, 0.1) is 0 Å². The van der Waals surface area contributed by atoms with Gasteiger partial charge in [-0.25, -0.2) is 4.98 Å². The van der Waals surface area contributed by atoms with E-state index in [1.165, 1.54) is 0 Å². The number of aromatic nitrogens is 2. The normalized spacial score (nSPS) is 10.3. The van der Waals surface area contributed by atoms with Crippen LogP contribution in [0.4, 0.5) is 17.5 Å². The van der Waals surface area contributed by atoms with Crippen molar-refractivity contribution in [3.63, 3.8) is 0 Å². The second-order valence-corrected chi connectivity index (χ2v) is 5.06. The van der Waals surface area contributed by atoms with Gasteiger partial charge in [-0.15, -0.1) is 0 Å². The Morgan fingerprint density at radius 3 is 2.50 bits per heavy atom. The molecule has 1 aromatic carbocycles. The van der Waals surface area contributed by atoms with E-state index < -0.39 is 0 Å². The predicted molar refractivity (Wildman–Crippen MR) is 91.1 cm³/mol. The van der Waals surface area contributed by atoms with E-state index in [0.29, 0.717) is 5.95 Å². The summed E-state index contributed by atoms with van der Waals surface area (Å²) in [7, 11) is 1.66. The van der Waals surface area contributed by atoms with Gasteiger partial charge in [0.25, 0.3) is 0 Å². The Hall–Kier alpha value is -2.30. The van der Waals surface area contributed by atoms with Crippen molar-refractivity contribution < 1.29 is 4.74 Å². The number of nitrogens with one attached hydrogen (secondary N) is 2. The third-order valence-electron chi connectivity index (χ3n) is 3.27. The summed E-state index contributed by atoms with van der Waals surface area (Å²) in [5.41, 5.74) is 2.00. The second kappa shape index (κ2) is 8.22. The maximum Gasteiger partial charge on any atom is 0.229 e. The molecule has 0 bridgehead atoms. The molecular weight excluding hydrogens is 276 g/mol. The number of benzene rings is 1. The first-order chi connectivity index (χ1) is 10.7. The van der Waals surface area contributed by atoms with E-state index in [0.717, 1.165) is 48.8 Å². The first-order valence-corrected chi connectivity index (χ1v) is 7.78. The fourth-order valence-electron chi connectivity index (χ4n) is 2.11. The van der Waals surface area contributed by atoms with Crippen LogP contribution in [-0.2, 0) is 6.42 Å². The van der Waals surface area contributed by atoms with E-state index in [-0.39, 0.29) is 0 Å². The lowest BCUT2D eigenvalue weighted by Gasteiger charge is -2.10. The van der Waals surface area contributed by atoms with E-state index in [1.54, 1.807) is 7.11 Å². The van der Waals surface area contributed by atoms with Crippen LogP contribution in [0.1, 0.15) is 32.4 Å². The number of anilines is 3. The molecular formula is C17H24N4O. The average Bonchev–Trinajstić information content (AvgIpc) is 2.54. The standard InChI is InChI=1S/C17H24N4O/c1-4-6-7-14-12-16(18-5-2)21-17(20-14)19-13-8-10-15(22-3)11-9-13/h8-12H,4-7H2,1-3H3,(H2,18,19,20,21). The number of ether oxygens (including phenoxy) is 1. The molecule has 0 aliphatic rings. The van der Waals surface area contributed by atoms with Gasteiger partial charge in [0.2, 0.25) is 5.95 Å². The van der Waals surface area contributed by atoms with Crippen molar-refractivity contribution in [2.24, 2.45) is 0 Å². The molecule has 0 spiro atoms. The molecule has 5 heteroatoms. The monoisotopic (exact) mass is 300 g/mol. The van der Waals surface area contributed by atoms with E-state index in [9.17, 15) is 0 Å². The fourth-order valence-corrected chi connectivity index (χ4v) is 2.11. The zero-order chi connectivity index (χ0) is 15.8. The molecule has 0 unspecified atom stereocenters. The minimum absolute atomic E-state index is 0.620. The highest BCUT2D eigenvalue weighted by atomic mass is 16.5. The Kier molecular flexibility index (Phi) is 6.01. The lowest BCUT2D eigenvalue weighted by Crippen LogP contribution is -2.06. The summed E-state index contributed by atoms with van der Waals surface area (Å²) in [6, 6.07) is 9.75. The number of unbranched alkanes of at least 4 members (excludes halogenated alkanes) is 1. The Morgan fingerprint density at radius 1 is 1.09 bits per heavy atom. The van der Waals surface area contributed by atoms with Gasteiger partial charge < -0.3 is 15.4 Å². The van der Waals surface area contributed by atoms with Crippen molar-refractivity contribution in [3.05, 3.63) is 36.0 Å². The zero-order valence-corrected chi connectivity index (χ0v) is 13.5. The van der Waals surface area contributed by atoms with Gasteiger partial charge in [0.05, 0.1) is 7.11 Å². The van der Waals surface area contributed by atoms with E-state index in [1.807, 2.05) is 30.3 Å². The van der Waals surface area contributed by atoms with Crippen LogP contribution < -0.4 is 15.4 Å². The molecule has 0 aliphatic heterocycles. The van der Waals surface area contributed by atoms with Gasteiger partial charge >= 0.3 is 0 Å². The van der Waals surface area contributed by atoms with Gasteiger partial charge in [-0.1, -0.05) is 13.3 Å². The van der Waals surface area contributed by atoms with Gasteiger partial charge in [-0.05, 0) is 44.0 Å². The molecule has 2 aromatic rings. The molecule has 2 rings (SSSR count). The second-order valence-electron chi connectivity index (χ2n) is 5.06. The number of hydrogen-bond acceptors (Lipinski definition) is 5. The number of aryl methyl sites for hydroxylation is 1. The molecule has 5 nitrogen and oxygen atoms in total. The molecule has 118 valence electrons. The largest absolute Gasteiger partial charge is 0.497 e. The molecule has 0 atom stereocenters. The highest BCUT2D eigenvalue weighted by molar-refractivity contribution is 5.56. The van der Waals surface area contributed by atoms with E-state index in [2.05, 4.69) is 34.4 Å². The molecule has 0 amide bonds. The molecule has 0 fully saturated rings. The summed E-state index contributed by atoms with van der Waals surface area (Å²) in [6.07, 6.45) is 3.25. The molecule has 1 heterocycles. The SMILES string of the molecule is CCCCc1cc(NCC)nc(Nc2ccc(OC)cc2)n1. The van der Waals surface area contributed by atoms with Crippen LogP contribution in [-0.4, -0.2) is 23.6 Å². The summed E-state index contributed by atoms with van der Waals surface area (Å²) in [4.78, 5) is 9.10. The third-order valence-corrected chi connectivity index (χ3v) is 3.27. The summed E-state index contributed by atoms with van der Waals surface area (Å²) in [6.45, 7) is 5.08. The third kappa shape index (κ3) is 4.62. The van der Waals surface area contributed by atoms with E-state index >= 15 is 0 Å². The summed E-state index contributed by atoms with van der Waals surface area (Å²) >= 11 is 0. The summed E-state index contributed by atoms with van der Waals surface area (Å²) in [5, 5.41) is 6.51. The Labute approximate surface area is 132 Å². The molecule has 1 aromatic heterocycles. The summed E-state index contributed by atoms with van der Waals surface area (Å²) in [5.74, 6) is 2.31. The van der Waals surface area contributed by atoms with Gasteiger partial charge in [0.1, 0.15) is 11.6 Å². The maximum atomic E-state index is 5.16. The highest BCUT2D eigenvalue weighted by Gasteiger charge is 2.05. The Morgan fingerprint density at radius 2 is 1.86 bits per heavy atom. The topological polar surface area (TPSA) is 59.1 Å². The number of nitrogens with zero attached hydrogens (tertiary/aromatic N) is 2. The maximum absolute atomic E-state index is 5.16. The molecule has 0 radical (unpaired) electrons. The van der Waals surface area contributed by atoms with Crippen LogP contribution in [0.15, 0.2) is 30.3 Å². The van der Waals surface area contributed by atoms with Gasteiger partial charge in [0.15, 0.2) is 0 Å². The quantitative estimate of drug-likeness (QED) is 0.771. The van der Waals surface area contributed by atoms with Crippen LogP contribution in [0.5, 0.6) is 5.75 Å². The van der Waals surface area contributed by atoms with Crippen LogP contribution in [0.25, 0.3) is 0 Å². The van der Waals surface area contributed by atoms with Crippen LogP contribution >= 0.6 is 0 Å². The Balaban J connectivity index is 2.17. The zero-order valence-electron chi connectivity index (χ0n) is 13.5. The fraction of sp³-hybridized carbons (Fsp3) is 0.412. The minimum atomic E-state index is 0.620. The average molecular weight is 300 g/mol. The van der Waals surface area contributed by atoms with Gasteiger partial charge in [0, 0.05) is 24.0 Å². The minimum Gasteiger partial charge on any atom is -0.497 e. The molecule has 0 saturated carbocycles. The summed E-state index contributed by atoms with van der Waals surface area (Å²) < 4.78 is 5.16. The number of hydrogen-bond donors (Lipinski definition) is 2. The molecule has 0 aliphatic carbocycles. The number of rotatable bonds is 8. The van der Waals surface area contributed by atoms with E-state index in [4.69, 9.17) is 4.74 Å². The lowest BCUT2D eigenvalue weighted by atomic mass is 10.2. The van der Waals surface area contributed by atoms with Crippen molar-refractivity contribution in [1.29, 1.82) is 0 Å². The van der Waals surface area contributed by atoms with Crippen molar-refractivity contribution in [3.8, 4) is 5.75 Å². The van der Waals surface area contributed by atoms with Gasteiger partial charge in [-0.2, -0.15) is 4.98 Å². The van der Waals surface area contributed by atoms with Crippen molar-refractivity contribution in [2.45, 2.75) is 33.1 Å². The molecule has 22 heavy (non-hydrogen) atoms. The predicted octanol–water partition coefficient (Wildman–Crippen LogP) is 4.00. The molecule has 0 saturated heterocycles. The number of methoxy groups -OCH3 is 1.